The van der Waals surface area contributed by atoms with Gasteiger partial charge in [0.05, 0.1) is 17.8 Å². The maximum absolute atomic E-state index is 11.0. The first-order valence-electron chi connectivity index (χ1n) is 6.16. The molecule has 4 nitrogen and oxygen atoms in total. The Morgan fingerprint density at radius 2 is 2.25 bits per heavy atom. The van der Waals surface area contributed by atoms with Crippen LogP contribution < -0.4 is 0 Å². The Hall–Kier alpha value is -1.79. The van der Waals surface area contributed by atoms with Crippen molar-refractivity contribution in [1.82, 2.24) is 9.38 Å². The second-order valence-corrected chi connectivity index (χ2v) is 6.46. The summed E-state index contributed by atoms with van der Waals surface area (Å²) in [5, 5.41) is 10.9. The third kappa shape index (κ3) is 1.68. The molecule has 6 heteroatoms. The highest BCUT2D eigenvalue weighted by atomic mass is 32.2. The fourth-order valence-electron chi connectivity index (χ4n) is 2.54. The molecule has 4 rings (SSSR count). The molecule has 0 bridgehead atoms. The van der Waals surface area contributed by atoms with Crippen molar-refractivity contribution < 1.29 is 9.90 Å². The van der Waals surface area contributed by atoms with Gasteiger partial charge in [-0.1, -0.05) is 18.2 Å². The van der Waals surface area contributed by atoms with Crippen LogP contribution in [0.2, 0.25) is 0 Å². The summed E-state index contributed by atoms with van der Waals surface area (Å²) in [6, 6.07) is 8.23. The Labute approximate surface area is 123 Å². The lowest BCUT2D eigenvalue weighted by atomic mass is 10.1. The minimum Gasteiger partial charge on any atom is -0.481 e. The summed E-state index contributed by atoms with van der Waals surface area (Å²) in [6.45, 7) is 0. The van der Waals surface area contributed by atoms with E-state index >= 15 is 0 Å². The molecule has 0 fully saturated rings. The molecule has 1 aromatic carbocycles. The van der Waals surface area contributed by atoms with E-state index in [0.29, 0.717) is 0 Å². The number of carboxylic acids is 1. The van der Waals surface area contributed by atoms with Crippen LogP contribution in [0.15, 0.2) is 34.5 Å². The molecule has 1 aliphatic heterocycles. The van der Waals surface area contributed by atoms with Crippen LogP contribution in [0.5, 0.6) is 0 Å². The first kappa shape index (κ1) is 12.0. The summed E-state index contributed by atoms with van der Waals surface area (Å²) < 4.78 is 2.01. The molecule has 100 valence electrons. The summed E-state index contributed by atoms with van der Waals surface area (Å²) >= 11 is 3.28. The zero-order chi connectivity index (χ0) is 13.7. The van der Waals surface area contributed by atoms with Crippen molar-refractivity contribution in [2.45, 2.75) is 17.1 Å². The van der Waals surface area contributed by atoms with Gasteiger partial charge in [0.15, 0.2) is 4.96 Å². The first-order valence-corrected chi connectivity index (χ1v) is 8.02. The Kier molecular flexibility index (Phi) is 2.61. The number of benzene rings is 1. The molecule has 1 aliphatic rings. The predicted octanol–water partition coefficient (Wildman–Crippen LogP) is 3.30. The topological polar surface area (TPSA) is 54.6 Å². The van der Waals surface area contributed by atoms with Gasteiger partial charge in [-0.2, -0.15) is 0 Å². The van der Waals surface area contributed by atoms with E-state index in [1.807, 2.05) is 21.9 Å². The highest BCUT2D eigenvalue weighted by Crippen LogP contribution is 2.42. The highest BCUT2D eigenvalue weighted by Gasteiger charge is 2.24. The first-order chi connectivity index (χ1) is 9.74. The molecule has 0 saturated heterocycles. The summed E-state index contributed by atoms with van der Waals surface area (Å²) in [5.41, 5.74) is 4.07. The number of aromatic nitrogens is 2. The molecular formula is C14H10N2O2S2. The molecule has 0 aliphatic carbocycles. The van der Waals surface area contributed by atoms with Crippen LogP contribution in [0.4, 0.5) is 0 Å². The molecule has 1 N–H and O–H groups in total. The lowest BCUT2D eigenvalue weighted by Gasteiger charge is -2.15. The molecular weight excluding hydrogens is 292 g/mol. The number of carboxylic acid groups (broad SMARTS) is 1. The number of hydrogen-bond donors (Lipinski definition) is 1. The van der Waals surface area contributed by atoms with Crippen LogP contribution in [0, 0.1) is 0 Å². The maximum atomic E-state index is 11.0. The third-order valence-corrected chi connectivity index (χ3v) is 5.33. The minimum atomic E-state index is -0.809. The maximum Gasteiger partial charge on any atom is 0.309 e. The molecule has 0 radical (unpaired) electrons. The second kappa shape index (κ2) is 4.36. The standard InChI is InChI=1S/C14H10N2O2S2/c17-12(18)5-8-6-20-14-15-13-9-3-1-2-4-11(9)19-7-10(13)16(8)14/h1-4,6H,5,7H2,(H,17,18). The smallest absolute Gasteiger partial charge is 0.309 e. The molecule has 0 spiro atoms. The lowest BCUT2D eigenvalue weighted by molar-refractivity contribution is -0.136. The zero-order valence-corrected chi connectivity index (χ0v) is 12.0. The number of imidazole rings is 1. The largest absolute Gasteiger partial charge is 0.481 e. The van der Waals surface area contributed by atoms with Gasteiger partial charge in [-0.15, -0.1) is 23.1 Å². The van der Waals surface area contributed by atoms with E-state index in [0.717, 1.165) is 33.4 Å². The quantitative estimate of drug-likeness (QED) is 0.789. The number of thiazole rings is 1. The van der Waals surface area contributed by atoms with Gasteiger partial charge in [0.2, 0.25) is 0 Å². The van der Waals surface area contributed by atoms with Gasteiger partial charge in [-0.25, -0.2) is 4.98 Å². The minimum absolute atomic E-state index is 0.0368. The van der Waals surface area contributed by atoms with E-state index in [2.05, 4.69) is 12.1 Å². The second-order valence-electron chi connectivity index (χ2n) is 4.61. The third-order valence-electron chi connectivity index (χ3n) is 3.37. The molecule has 0 saturated carbocycles. The van der Waals surface area contributed by atoms with Crippen LogP contribution in [0.3, 0.4) is 0 Å². The van der Waals surface area contributed by atoms with Crippen molar-refractivity contribution in [3.05, 3.63) is 41.0 Å². The Bertz CT molecular complexity index is 835. The van der Waals surface area contributed by atoms with Crippen LogP contribution in [0.25, 0.3) is 16.2 Å². The van der Waals surface area contributed by atoms with Crippen LogP contribution in [-0.2, 0) is 17.0 Å². The van der Waals surface area contributed by atoms with E-state index in [1.165, 1.54) is 16.2 Å². The number of nitrogens with zero attached hydrogens (tertiary/aromatic N) is 2. The Morgan fingerprint density at radius 1 is 1.40 bits per heavy atom. The van der Waals surface area contributed by atoms with E-state index in [1.54, 1.807) is 11.8 Å². The van der Waals surface area contributed by atoms with Gasteiger partial charge in [0.25, 0.3) is 0 Å². The predicted molar refractivity (Wildman–Crippen MR) is 79.4 cm³/mol. The fraction of sp³-hybridized carbons (Fsp3) is 0.143. The van der Waals surface area contributed by atoms with Crippen molar-refractivity contribution in [3.8, 4) is 11.3 Å². The van der Waals surface area contributed by atoms with E-state index in [-0.39, 0.29) is 6.42 Å². The highest BCUT2D eigenvalue weighted by molar-refractivity contribution is 7.98. The van der Waals surface area contributed by atoms with Crippen molar-refractivity contribution in [2.75, 3.05) is 0 Å². The van der Waals surface area contributed by atoms with Gasteiger partial charge in [0.1, 0.15) is 0 Å². The number of carbonyl (C=O) groups is 1. The van der Waals surface area contributed by atoms with Gasteiger partial charge in [-0.05, 0) is 6.07 Å². The van der Waals surface area contributed by atoms with E-state index < -0.39 is 5.97 Å². The summed E-state index contributed by atoms with van der Waals surface area (Å²) in [5.74, 6) is 0.0210. The summed E-state index contributed by atoms with van der Waals surface area (Å²) in [6.07, 6.45) is 0.0368. The molecule has 20 heavy (non-hydrogen) atoms. The van der Waals surface area contributed by atoms with Crippen LogP contribution in [0.1, 0.15) is 11.4 Å². The summed E-state index contributed by atoms with van der Waals surface area (Å²) in [7, 11) is 0. The van der Waals surface area contributed by atoms with Gasteiger partial charge < -0.3 is 5.11 Å². The zero-order valence-electron chi connectivity index (χ0n) is 10.4. The number of rotatable bonds is 2. The molecule has 2 aromatic heterocycles. The normalized spacial score (nSPS) is 13.2. The van der Waals surface area contributed by atoms with Crippen molar-refractivity contribution in [1.29, 1.82) is 0 Å². The SMILES string of the molecule is O=C(O)Cc1csc2nc3c(n12)CSc1ccccc1-3. The average molecular weight is 302 g/mol. The van der Waals surface area contributed by atoms with Gasteiger partial charge in [0, 0.05) is 27.3 Å². The number of hydrogen-bond acceptors (Lipinski definition) is 4. The average Bonchev–Trinajstić information content (AvgIpc) is 2.98. The Balaban J connectivity index is 1.96. The molecule has 3 aromatic rings. The van der Waals surface area contributed by atoms with Crippen LogP contribution >= 0.6 is 23.1 Å². The van der Waals surface area contributed by atoms with Gasteiger partial charge >= 0.3 is 5.97 Å². The Morgan fingerprint density at radius 3 is 3.10 bits per heavy atom. The molecule has 0 atom stereocenters. The van der Waals surface area contributed by atoms with Gasteiger partial charge in [-0.3, -0.25) is 9.20 Å². The van der Waals surface area contributed by atoms with Crippen molar-refractivity contribution >= 4 is 34.0 Å². The number of fused-ring (bicyclic) bond motifs is 5. The van der Waals surface area contributed by atoms with Crippen molar-refractivity contribution in [3.63, 3.8) is 0 Å². The molecule has 0 amide bonds. The molecule has 3 heterocycles. The van der Waals surface area contributed by atoms with E-state index in [4.69, 9.17) is 10.1 Å². The summed E-state index contributed by atoms with van der Waals surface area (Å²) in [4.78, 5) is 17.8. The lowest BCUT2D eigenvalue weighted by Crippen LogP contribution is -2.05. The van der Waals surface area contributed by atoms with Crippen molar-refractivity contribution in [2.24, 2.45) is 0 Å². The molecule has 0 unspecified atom stereocenters. The number of aliphatic carboxylic acids is 1. The number of thioether (sulfide) groups is 1. The van der Waals surface area contributed by atoms with Crippen LogP contribution in [-0.4, -0.2) is 20.5 Å². The monoisotopic (exact) mass is 302 g/mol. The fourth-order valence-corrected chi connectivity index (χ4v) is 4.50. The van der Waals surface area contributed by atoms with E-state index in [9.17, 15) is 4.79 Å².